The Bertz CT molecular complexity index is 858. The maximum atomic E-state index is 13.4. The Hall–Kier alpha value is -2.86. The average Bonchev–Trinajstić information content (AvgIpc) is 2.94. The minimum absolute atomic E-state index is 0.0726. The van der Waals surface area contributed by atoms with Crippen LogP contribution in [0.3, 0.4) is 0 Å². The van der Waals surface area contributed by atoms with Crippen LogP contribution in [0.25, 0.3) is 0 Å². The summed E-state index contributed by atoms with van der Waals surface area (Å²) in [4.78, 5) is 30.3. The molecule has 3 amide bonds. The number of rotatable bonds is 3. The number of carbonyl (C=O) groups is 2. The molecular weight excluding hydrogens is 364 g/mol. The predicted molar refractivity (Wildman–Crippen MR) is 115 cm³/mol. The predicted octanol–water partition coefficient (Wildman–Crippen LogP) is 3.64. The maximum Gasteiger partial charge on any atom is 0.321 e. The molecule has 152 valence electrons. The van der Waals surface area contributed by atoms with Crippen LogP contribution >= 0.6 is 0 Å². The number of likely N-dealkylation sites (tertiary alicyclic amines) is 2. The third-order valence-electron chi connectivity index (χ3n) is 6.38. The molecule has 0 aromatic heterocycles. The second-order valence-electron chi connectivity index (χ2n) is 8.04. The van der Waals surface area contributed by atoms with Gasteiger partial charge >= 0.3 is 6.03 Å². The zero-order valence-corrected chi connectivity index (χ0v) is 16.8. The first-order valence-corrected chi connectivity index (χ1v) is 10.3. The van der Waals surface area contributed by atoms with Gasteiger partial charge in [0, 0.05) is 30.5 Å². The monoisotopic (exact) mass is 392 g/mol. The Morgan fingerprint density at radius 3 is 2.10 bits per heavy atom. The van der Waals surface area contributed by atoms with Gasteiger partial charge in [-0.15, -0.1) is 0 Å². The summed E-state index contributed by atoms with van der Waals surface area (Å²) in [5.41, 5.74) is 1.14. The highest BCUT2D eigenvalue weighted by atomic mass is 16.2. The van der Waals surface area contributed by atoms with Crippen LogP contribution in [0.5, 0.6) is 0 Å². The molecule has 0 spiro atoms. The molecule has 4 rings (SSSR count). The Morgan fingerprint density at radius 1 is 0.862 bits per heavy atom. The number of nitrogens with one attached hydrogen (secondary N) is 2. The Labute approximate surface area is 171 Å². The second kappa shape index (κ2) is 8.25. The Balaban J connectivity index is 1.49. The zero-order valence-electron chi connectivity index (χ0n) is 16.8. The Kier molecular flexibility index (Phi) is 5.53. The lowest BCUT2D eigenvalue weighted by atomic mass is 9.75. The highest BCUT2D eigenvalue weighted by Crippen LogP contribution is 2.44. The first kappa shape index (κ1) is 19.5. The smallest absolute Gasteiger partial charge is 0.321 e. The van der Waals surface area contributed by atoms with Crippen molar-refractivity contribution in [3.63, 3.8) is 0 Å². The molecule has 2 aliphatic rings. The van der Waals surface area contributed by atoms with E-state index in [1.165, 1.54) is 0 Å². The molecule has 2 atom stereocenters. The van der Waals surface area contributed by atoms with Gasteiger partial charge in [0.25, 0.3) is 0 Å². The minimum atomic E-state index is -0.466. The van der Waals surface area contributed by atoms with Gasteiger partial charge in [0.05, 0.1) is 5.41 Å². The first-order valence-electron chi connectivity index (χ1n) is 10.3. The summed E-state index contributed by atoms with van der Waals surface area (Å²) in [5.74, 6) is 0.0726. The fourth-order valence-corrected chi connectivity index (χ4v) is 4.72. The van der Waals surface area contributed by atoms with Crippen LogP contribution in [0.2, 0.25) is 0 Å². The molecule has 6 nitrogen and oxygen atoms in total. The van der Waals surface area contributed by atoms with E-state index in [4.69, 9.17) is 0 Å². The number of amides is 3. The molecule has 0 aliphatic carbocycles. The maximum absolute atomic E-state index is 13.4. The van der Waals surface area contributed by atoms with Crippen molar-refractivity contribution in [3.05, 3.63) is 60.7 Å². The van der Waals surface area contributed by atoms with Crippen molar-refractivity contribution in [3.8, 4) is 0 Å². The van der Waals surface area contributed by atoms with Gasteiger partial charge in [-0.2, -0.15) is 0 Å². The summed E-state index contributed by atoms with van der Waals surface area (Å²) in [6.45, 7) is 2.13. The Morgan fingerprint density at radius 2 is 1.45 bits per heavy atom. The van der Waals surface area contributed by atoms with Crippen LogP contribution in [0.15, 0.2) is 60.7 Å². The number of urea groups is 1. The normalized spacial score (nSPS) is 24.4. The van der Waals surface area contributed by atoms with Crippen molar-refractivity contribution >= 4 is 23.3 Å². The molecule has 0 unspecified atom stereocenters. The number of anilines is 2. The van der Waals surface area contributed by atoms with E-state index in [1.807, 2.05) is 65.6 Å². The van der Waals surface area contributed by atoms with Crippen LogP contribution < -0.4 is 10.6 Å². The van der Waals surface area contributed by atoms with Crippen LogP contribution in [-0.4, -0.2) is 54.5 Å². The standard InChI is InChI=1S/C23H28N4O2/c1-26-16-13-23(21(28)24-18-8-4-2-5-9-18)14-17-27(15-12-20(23)26)22(29)25-19-10-6-3-7-11-19/h2-11,20H,12-17H2,1H3,(H,24,28)(H,25,29)/t20-,23-/m0/s1. The van der Waals surface area contributed by atoms with E-state index in [2.05, 4.69) is 22.6 Å². The van der Waals surface area contributed by atoms with E-state index < -0.39 is 5.41 Å². The molecule has 29 heavy (non-hydrogen) atoms. The van der Waals surface area contributed by atoms with Crippen molar-refractivity contribution in [1.29, 1.82) is 0 Å². The number of hydrogen-bond acceptors (Lipinski definition) is 3. The molecule has 2 aromatic carbocycles. The molecule has 0 saturated carbocycles. The quantitative estimate of drug-likeness (QED) is 0.838. The van der Waals surface area contributed by atoms with Gasteiger partial charge in [-0.05, 0) is 57.1 Å². The number of carbonyl (C=O) groups excluding carboxylic acids is 2. The molecule has 0 radical (unpaired) electrons. The molecule has 2 heterocycles. The van der Waals surface area contributed by atoms with Crippen LogP contribution in [0, 0.1) is 5.41 Å². The van der Waals surface area contributed by atoms with Crippen molar-refractivity contribution in [2.24, 2.45) is 5.41 Å². The molecule has 2 saturated heterocycles. The third-order valence-corrected chi connectivity index (χ3v) is 6.38. The van der Waals surface area contributed by atoms with E-state index >= 15 is 0 Å². The van der Waals surface area contributed by atoms with Crippen molar-refractivity contribution in [1.82, 2.24) is 9.80 Å². The highest BCUT2D eigenvalue weighted by molar-refractivity contribution is 5.96. The van der Waals surface area contributed by atoms with Gasteiger partial charge < -0.3 is 20.4 Å². The molecule has 2 fully saturated rings. The van der Waals surface area contributed by atoms with Crippen molar-refractivity contribution in [2.45, 2.75) is 25.3 Å². The molecule has 6 heteroatoms. The zero-order chi connectivity index (χ0) is 20.3. The second-order valence-corrected chi connectivity index (χ2v) is 8.04. The summed E-state index contributed by atoms with van der Waals surface area (Å²) < 4.78 is 0. The van der Waals surface area contributed by atoms with Gasteiger partial charge in [0.15, 0.2) is 0 Å². The van der Waals surface area contributed by atoms with E-state index in [9.17, 15) is 9.59 Å². The van der Waals surface area contributed by atoms with E-state index in [-0.39, 0.29) is 18.0 Å². The van der Waals surface area contributed by atoms with E-state index in [0.29, 0.717) is 19.5 Å². The summed E-state index contributed by atoms with van der Waals surface area (Å²) in [6, 6.07) is 19.2. The summed E-state index contributed by atoms with van der Waals surface area (Å²) in [6.07, 6.45) is 2.28. The first-order chi connectivity index (χ1) is 14.1. The topological polar surface area (TPSA) is 64.7 Å². The molecule has 2 aromatic rings. The van der Waals surface area contributed by atoms with Gasteiger partial charge in [0.2, 0.25) is 5.91 Å². The molecule has 2 N–H and O–H groups in total. The fraction of sp³-hybridized carbons (Fsp3) is 0.391. The van der Waals surface area contributed by atoms with Gasteiger partial charge in [0.1, 0.15) is 0 Å². The highest BCUT2D eigenvalue weighted by Gasteiger charge is 2.52. The number of para-hydroxylation sites is 2. The lowest BCUT2D eigenvalue weighted by molar-refractivity contribution is -0.127. The van der Waals surface area contributed by atoms with Crippen LogP contribution in [-0.2, 0) is 4.79 Å². The minimum Gasteiger partial charge on any atom is -0.326 e. The fourth-order valence-electron chi connectivity index (χ4n) is 4.72. The number of nitrogens with zero attached hydrogens (tertiary/aromatic N) is 2. The van der Waals surface area contributed by atoms with Gasteiger partial charge in [-0.3, -0.25) is 4.79 Å². The van der Waals surface area contributed by atoms with E-state index in [0.717, 1.165) is 30.8 Å². The van der Waals surface area contributed by atoms with Gasteiger partial charge in [-0.1, -0.05) is 36.4 Å². The van der Waals surface area contributed by atoms with Crippen LogP contribution in [0.1, 0.15) is 19.3 Å². The van der Waals surface area contributed by atoms with Crippen LogP contribution in [0.4, 0.5) is 16.2 Å². The number of hydrogen-bond donors (Lipinski definition) is 2. The van der Waals surface area contributed by atoms with E-state index in [1.54, 1.807) is 0 Å². The van der Waals surface area contributed by atoms with Crippen molar-refractivity contribution < 1.29 is 9.59 Å². The summed E-state index contributed by atoms with van der Waals surface area (Å²) in [5, 5.41) is 6.09. The largest absolute Gasteiger partial charge is 0.326 e. The third kappa shape index (κ3) is 3.98. The number of fused-ring (bicyclic) bond motifs is 1. The molecule has 0 bridgehead atoms. The van der Waals surface area contributed by atoms with Crippen molar-refractivity contribution in [2.75, 3.05) is 37.3 Å². The number of benzene rings is 2. The SMILES string of the molecule is CN1CC[C@]2(C(=O)Nc3ccccc3)CCN(C(=O)Nc3ccccc3)CC[C@H]12. The summed E-state index contributed by atoms with van der Waals surface area (Å²) >= 11 is 0. The lowest BCUT2D eigenvalue weighted by Crippen LogP contribution is -2.46. The summed E-state index contributed by atoms with van der Waals surface area (Å²) in [7, 11) is 2.09. The van der Waals surface area contributed by atoms with Gasteiger partial charge in [-0.25, -0.2) is 4.79 Å². The lowest BCUT2D eigenvalue weighted by Gasteiger charge is -2.34. The molecule has 2 aliphatic heterocycles. The molecular formula is C23H28N4O2. The average molecular weight is 393 g/mol.